The van der Waals surface area contributed by atoms with Crippen LogP contribution in [0.25, 0.3) is 0 Å². The average Bonchev–Trinajstić information content (AvgIpc) is 2.41. The smallest absolute Gasteiger partial charge is 0.128 e. The Hall–Kier alpha value is -1.25. The van der Waals surface area contributed by atoms with Gasteiger partial charge in [-0.1, -0.05) is 23.7 Å². The lowest BCUT2D eigenvalue weighted by molar-refractivity contribution is 0.414. The van der Waals surface area contributed by atoms with E-state index >= 15 is 0 Å². The van der Waals surface area contributed by atoms with Crippen molar-refractivity contribution in [2.45, 2.75) is 5.38 Å². The van der Waals surface area contributed by atoms with Gasteiger partial charge in [0.2, 0.25) is 0 Å². The summed E-state index contributed by atoms with van der Waals surface area (Å²) in [6.45, 7) is 0. The van der Waals surface area contributed by atoms with Gasteiger partial charge in [0.25, 0.3) is 0 Å². The summed E-state index contributed by atoms with van der Waals surface area (Å²) in [5.41, 5.74) is 1.16. The number of alkyl halides is 1. The van der Waals surface area contributed by atoms with Crippen LogP contribution >= 0.6 is 23.2 Å². The van der Waals surface area contributed by atoms with E-state index in [4.69, 9.17) is 27.9 Å². The zero-order chi connectivity index (χ0) is 13.1. The lowest BCUT2D eigenvalue weighted by Crippen LogP contribution is -1.97. The second-order valence-electron chi connectivity index (χ2n) is 3.80. The molecule has 0 amide bonds. The molecule has 2 rings (SSSR count). The molecule has 0 saturated heterocycles. The summed E-state index contributed by atoms with van der Waals surface area (Å²) in [5.74, 6) is 0.365. The van der Waals surface area contributed by atoms with Gasteiger partial charge in [0.1, 0.15) is 11.6 Å². The third-order valence-corrected chi connectivity index (χ3v) is 3.36. The van der Waals surface area contributed by atoms with Crippen LogP contribution in [0.3, 0.4) is 0 Å². The molecule has 0 heterocycles. The van der Waals surface area contributed by atoms with Crippen LogP contribution < -0.4 is 4.74 Å². The third kappa shape index (κ3) is 2.77. The van der Waals surface area contributed by atoms with E-state index in [1.54, 1.807) is 37.4 Å². The Morgan fingerprint density at radius 2 is 1.78 bits per heavy atom. The maximum atomic E-state index is 13.7. The largest absolute Gasteiger partial charge is 0.497 e. The number of hydrogen-bond acceptors (Lipinski definition) is 1. The first-order valence-electron chi connectivity index (χ1n) is 5.35. The third-order valence-electron chi connectivity index (χ3n) is 2.64. The summed E-state index contributed by atoms with van der Waals surface area (Å²) in [5, 5.41) is -0.111. The van der Waals surface area contributed by atoms with Gasteiger partial charge in [-0.25, -0.2) is 4.39 Å². The van der Waals surface area contributed by atoms with Crippen LogP contribution in [-0.2, 0) is 0 Å². The highest BCUT2D eigenvalue weighted by atomic mass is 35.5. The zero-order valence-electron chi connectivity index (χ0n) is 9.66. The van der Waals surface area contributed by atoms with E-state index in [0.29, 0.717) is 10.6 Å². The van der Waals surface area contributed by atoms with E-state index < -0.39 is 5.38 Å². The number of hydrogen-bond donors (Lipinski definition) is 0. The van der Waals surface area contributed by atoms with Crippen molar-refractivity contribution in [3.63, 3.8) is 0 Å². The summed E-state index contributed by atoms with van der Waals surface area (Å²) >= 11 is 12.1. The van der Waals surface area contributed by atoms with Crippen molar-refractivity contribution in [2.24, 2.45) is 0 Å². The van der Waals surface area contributed by atoms with E-state index in [2.05, 4.69) is 0 Å². The molecule has 2 aromatic carbocycles. The van der Waals surface area contributed by atoms with Crippen LogP contribution in [0, 0.1) is 5.82 Å². The van der Waals surface area contributed by atoms with Crippen molar-refractivity contribution in [3.05, 3.63) is 64.4 Å². The Morgan fingerprint density at radius 3 is 2.39 bits per heavy atom. The minimum atomic E-state index is -0.574. The van der Waals surface area contributed by atoms with Gasteiger partial charge in [-0.3, -0.25) is 0 Å². The van der Waals surface area contributed by atoms with Gasteiger partial charge in [-0.2, -0.15) is 0 Å². The maximum Gasteiger partial charge on any atom is 0.128 e. The minimum absolute atomic E-state index is 0.366. The minimum Gasteiger partial charge on any atom is -0.497 e. The highest BCUT2D eigenvalue weighted by Crippen LogP contribution is 2.32. The molecule has 0 aliphatic rings. The Kier molecular flexibility index (Phi) is 4.10. The van der Waals surface area contributed by atoms with Crippen molar-refractivity contribution in [1.82, 2.24) is 0 Å². The Bertz CT molecular complexity index is 540. The fourth-order valence-electron chi connectivity index (χ4n) is 1.66. The van der Waals surface area contributed by atoms with Crippen molar-refractivity contribution in [2.75, 3.05) is 7.11 Å². The van der Waals surface area contributed by atoms with Gasteiger partial charge < -0.3 is 4.74 Å². The summed E-state index contributed by atoms with van der Waals surface area (Å²) in [6, 6.07) is 11.5. The highest BCUT2D eigenvalue weighted by Gasteiger charge is 2.15. The molecule has 0 bridgehead atoms. The number of halogens is 3. The normalized spacial score (nSPS) is 12.2. The number of benzene rings is 2. The van der Waals surface area contributed by atoms with Crippen LogP contribution in [0.5, 0.6) is 5.75 Å². The topological polar surface area (TPSA) is 9.23 Å². The van der Waals surface area contributed by atoms with Gasteiger partial charge >= 0.3 is 0 Å². The molecule has 0 radical (unpaired) electrons. The second kappa shape index (κ2) is 5.59. The monoisotopic (exact) mass is 284 g/mol. The first-order valence-corrected chi connectivity index (χ1v) is 6.16. The number of rotatable bonds is 3. The molecule has 94 valence electrons. The van der Waals surface area contributed by atoms with Crippen LogP contribution in [-0.4, -0.2) is 7.11 Å². The fourth-order valence-corrected chi connectivity index (χ4v) is 2.15. The number of ether oxygens (including phenoxy) is 1. The average molecular weight is 285 g/mol. The zero-order valence-corrected chi connectivity index (χ0v) is 11.2. The van der Waals surface area contributed by atoms with E-state index in [0.717, 1.165) is 11.3 Å². The lowest BCUT2D eigenvalue weighted by Gasteiger charge is -2.12. The molecule has 0 N–H and O–H groups in total. The van der Waals surface area contributed by atoms with Gasteiger partial charge in [-0.05, 0) is 35.9 Å². The molecule has 0 aromatic heterocycles. The standard InChI is InChI=1S/C14H11Cl2FO/c1-18-11-5-2-9(3-6-11)14(16)12-8-10(15)4-7-13(12)17/h2-8,14H,1H3. The number of methoxy groups -OCH3 is 1. The SMILES string of the molecule is COc1ccc(C(Cl)c2cc(Cl)ccc2F)cc1. The van der Waals surface area contributed by atoms with Gasteiger partial charge in [0, 0.05) is 10.6 Å². The molecule has 1 nitrogen and oxygen atoms in total. The first-order chi connectivity index (χ1) is 8.61. The van der Waals surface area contributed by atoms with Crippen LogP contribution in [0.15, 0.2) is 42.5 Å². The summed E-state index contributed by atoms with van der Waals surface area (Å²) in [4.78, 5) is 0. The molecule has 4 heteroatoms. The van der Waals surface area contributed by atoms with E-state index in [-0.39, 0.29) is 5.82 Å². The quantitative estimate of drug-likeness (QED) is 0.735. The summed E-state index contributed by atoms with van der Waals surface area (Å²) < 4.78 is 18.7. The van der Waals surface area contributed by atoms with Gasteiger partial charge in [0.15, 0.2) is 0 Å². The van der Waals surface area contributed by atoms with Crippen molar-refractivity contribution >= 4 is 23.2 Å². The Balaban J connectivity index is 2.34. The molecule has 0 spiro atoms. The molecule has 0 aliphatic heterocycles. The van der Waals surface area contributed by atoms with Gasteiger partial charge in [-0.15, -0.1) is 11.6 Å². The van der Waals surface area contributed by atoms with E-state index in [9.17, 15) is 4.39 Å². The van der Waals surface area contributed by atoms with Crippen LogP contribution in [0.2, 0.25) is 5.02 Å². The fraction of sp³-hybridized carbons (Fsp3) is 0.143. The molecule has 1 unspecified atom stereocenters. The van der Waals surface area contributed by atoms with Crippen LogP contribution in [0.4, 0.5) is 4.39 Å². The van der Waals surface area contributed by atoms with E-state index in [1.807, 2.05) is 0 Å². The van der Waals surface area contributed by atoms with Crippen molar-refractivity contribution < 1.29 is 9.13 Å². The molecule has 0 fully saturated rings. The molecular weight excluding hydrogens is 274 g/mol. The first kappa shape index (κ1) is 13.2. The Labute approximate surface area is 115 Å². The van der Waals surface area contributed by atoms with Crippen molar-refractivity contribution in [3.8, 4) is 5.75 Å². The summed E-state index contributed by atoms with van der Waals surface area (Å²) in [7, 11) is 1.59. The molecular formula is C14H11Cl2FO. The Morgan fingerprint density at radius 1 is 1.11 bits per heavy atom. The predicted octanol–water partition coefficient (Wildman–Crippen LogP) is 4.82. The molecule has 1 atom stereocenters. The maximum absolute atomic E-state index is 13.7. The molecule has 0 aliphatic carbocycles. The van der Waals surface area contributed by atoms with Gasteiger partial charge in [0.05, 0.1) is 12.5 Å². The molecule has 2 aromatic rings. The molecule has 0 saturated carbocycles. The predicted molar refractivity (Wildman–Crippen MR) is 72.1 cm³/mol. The van der Waals surface area contributed by atoms with E-state index in [1.165, 1.54) is 12.1 Å². The molecule has 18 heavy (non-hydrogen) atoms. The van der Waals surface area contributed by atoms with Crippen molar-refractivity contribution in [1.29, 1.82) is 0 Å². The highest BCUT2D eigenvalue weighted by molar-refractivity contribution is 6.30. The summed E-state index contributed by atoms with van der Waals surface area (Å²) in [6.07, 6.45) is 0. The lowest BCUT2D eigenvalue weighted by atomic mass is 10.0. The second-order valence-corrected chi connectivity index (χ2v) is 4.67. The van der Waals surface area contributed by atoms with Crippen LogP contribution in [0.1, 0.15) is 16.5 Å².